The molecular weight excluding hydrogens is 748 g/mol. The van der Waals surface area contributed by atoms with Crippen molar-refractivity contribution in [3.8, 4) is 0 Å². The van der Waals surface area contributed by atoms with Gasteiger partial charge in [0.25, 0.3) is 0 Å². The molecule has 3 aromatic carbocycles. The van der Waals surface area contributed by atoms with E-state index >= 15 is 0 Å². The van der Waals surface area contributed by atoms with Gasteiger partial charge in [0.05, 0.1) is 0 Å². The maximum atomic E-state index is 14.0. The summed E-state index contributed by atoms with van der Waals surface area (Å²) in [5.41, 5.74) is 12.8. The molecule has 0 heterocycles. The fraction of sp³-hybridized carbons (Fsp3) is 0.394. The average molecular weight is 787 g/mol. The van der Waals surface area contributed by atoms with Crippen LogP contribution in [0.1, 0.15) is 68.1 Å². The van der Waals surface area contributed by atoms with Crippen LogP contribution in [-0.2, 0) is 18.5 Å². The predicted molar refractivity (Wildman–Crippen MR) is 183 cm³/mol. The first-order chi connectivity index (χ1) is 22.8. The second-order valence-corrected chi connectivity index (χ2v) is 20.7. The van der Waals surface area contributed by atoms with Crippen LogP contribution in [-0.4, -0.2) is 24.6 Å². The molecule has 0 fully saturated rings. The Morgan fingerprint density at radius 3 is 1.24 bits per heavy atom. The molecule has 5 nitrogen and oxygen atoms in total. The van der Waals surface area contributed by atoms with Crippen molar-refractivity contribution < 1.29 is 39.5 Å². The van der Waals surface area contributed by atoms with Gasteiger partial charge in [-0.25, -0.2) is 0 Å². The number of aliphatic imine (C=N–C) groups is 2. The molecule has 0 aliphatic carbocycles. The van der Waals surface area contributed by atoms with Crippen LogP contribution in [0.15, 0.2) is 82.8 Å². The van der Waals surface area contributed by atoms with Crippen molar-refractivity contribution in [1.82, 2.24) is 0 Å². The summed E-state index contributed by atoms with van der Waals surface area (Å²) in [7, 11) is 0. The molecule has 270 valence electrons. The van der Waals surface area contributed by atoms with Crippen LogP contribution in [0.4, 0.5) is 39.5 Å². The molecule has 16 heteroatoms. The summed E-state index contributed by atoms with van der Waals surface area (Å²) in [5, 5.41) is -4.71. The first kappa shape index (κ1) is 40.1. The van der Waals surface area contributed by atoms with Gasteiger partial charge < -0.3 is 17.2 Å². The molecule has 3 rings (SSSR count). The number of hydrogen-bond donors (Lipinski definition) is 3. The number of halogens is 10. The van der Waals surface area contributed by atoms with Crippen LogP contribution in [0.25, 0.3) is 0 Å². The molecule has 3 aromatic rings. The van der Waals surface area contributed by atoms with E-state index in [0.29, 0.717) is 25.8 Å². The fourth-order valence-electron chi connectivity index (χ4n) is 5.69. The van der Waals surface area contributed by atoms with Crippen molar-refractivity contribution in [2.75, 3.05) is 12.7 Å². The molecule has 0 aliphatic rings. The van der Waals surface area contributed by atoms with Crippen molar-refractivity contribution >= 4 is 48.6 Å². The Kier molecular flexibility index (Phi) is 13.2. The second kappa shape index (κ2) is 16.1. The van der Waals surface area contributed by atoms with Crippen molar-refractivity contribution in [2.45, 2.75) is 69.9 Å². The normalized spacial score (nSPS) is 13.9. The maximum absolute atomic E-state index is 14.0. The Morgan fingerprint density at radius 1 is 0.551 bits per heavy atom. The Balaban J connectivity index is 1.98. The Hall–Kier alpha value is -3.32. The molecule has 0 saturated carbocycles. The molecule has 0 atom stereocenters. The van der Waals surface area contributed by atoms with E-state index in [2.05, 4.69) is 25.5 Å². The van der Waals surface area contributed by atoms with E-state index in [1.165, 1.54) is 18.2 Å². The summed E-state index contributed by atoms with van der Waals surface area (Å²) < 4.78 is 126. The van der Waals surface area contributed by atoms with Crippen LogP contribution >= 0.6 is 20.8 Å². The number of nitrogens with two attached hydrogens (primary N) is 3. The van der Waals surface area contributed by atoms with Gasteiger partial charge >= 0.3 is 259 Å². The van der Waals surface area contributed by atoms with Gasteiger partial charge in [-0.15, -0.1) is 0 Å². The third kappa shape index (κ3) is 10.3. The number of alkyl halides is 9. The molecule has 0 radical (unpaired) electrons. The van der Waals surface area contributed by atoms with Crippen LogP contribution in [0.5, 0.6) is 0 Å². The predicted octanol–water partition coefficient (Wildman–Crippen LogP) is 8.59. The van der Waals surface area contributed by atoms with E-state index in [1.54, 1.807) is 0 Å². The first-order valence-electron chi connectivity index (χ1n) is 15.4. The fourth-order valence-corrected chi connectivity index (χ4v) is 13.3. The van der Waals surface area contributed by atoms with Crippen molar-refractivity contribution in [2.24, 2.45) is 27.2 Å². The van der Waals surface area contributed by atoms with Gasteiger partial charge in [-0.05, 0) is 0 Å². The second-order valence-electron chi connectivity index (χ2n) is 11.7. The van der Waals surface area contributed by atoms with Crippen LogP contribution in [0, 0.1) is 0 Å². The monoisotopic (exact) mass is 785 g/mol. The number of benzene rings is 3. The Labute approximate surface area is 286 Å². The molecule has 0 saturated heterocycles. The van der Waals surface area contributed by atoms with Gasteiger partial charge in [0, 0.05) is 0 Å². The van der Waals surface area contributed by atoms with Crippen molar-refractivity contribution in [3.05, 3.63) is 89.5 Å². The zero-order chi connectivity index (χ0) is 36.5. The Bertz CT molecular complexity index is 1470. The van der Waals surface area contributed by atoms with Gasteiger partial charge in [0.2, 0.25) is 0 Å². The number of rotatable bonds is 14. The van der Waals surface area contributed by atoms with Crippen molar-refractivity contribution in [1.29, 1.82) is 0 Å². The zero-order valence-corrected chi connectivity index (χ0v) is 28.8. The third-order valence-electron chi connectivity index (χ3n) is 8.14. The van der Waals surface area contributed by atoms with Crippen molar-refractivity contribution in [3.63, 3.8) is 0 Å². The molecule has 0 spiro atoms. The van der Waals surface area contributed by atoms with E-state index in [4.69, 9.17) is 17.2 Å². The summed E-state index contributed by atoms with van der Waals surface area (Å²) in [6.45, 7) is 0.446. The number of unbranched alkanes of at least 4 members (excludes halogenated alkanes) is 7. The number of nitrogens with zero attached hydrogens (tertiary/aromatic N) is 2. The molecule has 6 N–H and O–H groups in total. The van der Waals surface area contributed by atoms with E-state index in [-0.39, 0.29) is 34.0 Å². The molecule has 0 amide bonds. The number of guanidine groups is 2. The van der Waals surface area contributed by atoms with Crippen LogP contribution in [0.3, 0.4) is 0 Å². The third-order valence-corrected chi connectivity index (χ3v) is 18.1. The summed E-state index contributed by atoms with van der Waals surface area (Å²) in [6.07, 6.45) is -8.76. The van der Waals surface area contributed by atoms with E-state index in [9.17, 15) is 39.5 Å². The van der Waals surface area contributed by atoms with Crippen LogP contribution < -0.4 is 33.1 Å². The Morgan fingerprint density at radius 2 is 0.898 bits per heavy atom. The number of hydrogen-bond acceptors (Lipinski definition) is 1. The SMILES string of the molecule is NC(N)=NC(N)=NCCCCCCCCCCP(Br)(c1cccc(C(F)(F)F)c1)(c1cccc(C(F)(F)F)c1)c1cccc(C(F)(F)F)c1. The minimum atomic E-state index is -4.81. The van der Waals surface area contributed by atoms with E-state index in [0.717, 1.165) is 86.7 Å². The summed E-state index contributed by atoms with van der Waals surface area (Å²) >= 11 is 3.75. The minimum absolute atomic E-state index is 0.00984. The molecule has 0 aromatic heterocycles. The first-order valence-corrected chi connectivity index (χ1v) is 19.9. The van der Waals surface area contributed by atoms with Gasteiger partial charge in [-0.3, -0.25) is 0 Å². The summed E-state index contributed by atoms with van der Waals surface area (Å²) in [6, 6.07) is 12.4. The summed E-state index contributed by atoms with van der Waals surface area (Å²) in [4.78, 5) is 7.67. The molecule has 0 unspecified atom stereocenters. The molecular formula is C33H38BrF9N5P. The van der Waals surface area contributed by atoms with Crippen LogP contribution in [0.2, 0.25) is 0 Å². The quantitative estimate of drug-likeness (QED) is 0.0502. The molecule has 0 aliphatic heterocycles. The molecule has 0 bridgehead atoms. The average Bonchev–Trinajstić information content (AvgIpc) is 3.02. The van der Waals surface area contributed by atoms with Gasteiger partial charge in [-0.1, -0.05) is 0 Å². The molecule has 49 heavy (non-hydrogen) atoms. The standard InChI is InChI=1S/C33H38BrF9N5P/c34-49(26-15-9-12-23(20-26)31(35,36)37,27-16-10-13-24(21-27)32(38,39)40,28-17-11-14-25(22-28)33(41,42)43)19-8-6-4-2-1-3-5-7-18-47-30(46)48-29(44)45/h9-17,20-22H,1-8,18-19H2,(H6,44,45,46,47,48). The zero-order valence-electron chi connectivity index (χ0n) is 26.4. The van der Waals surface area contributed by atoms with E-state index < -0.39 is 40.5 Å². The van der Waals surface area contributed by atoms with Gasteiger partial charge in [0.1, 0.15) is 0 Å². The van der Waals surface area contributed by atoms with E-state index in [1.807, 2.05) is 0 Å². The summed E-state index contributed by atoms with van der Waals surface area (Å²) in [5.74, 6) is -0.198. The van der Waals surface area contributed by atoms with Gasteiger partial charge in [0.15, 0.2) is 5.96 Å². The van der Waals surface area contributed by atoms with Gasteiger partial charge in [-0.2, -0.15) is 4.99 Å². The topological polar surface area (TPSA) is 103 Å².